The van der Waals surface area contributed by atoms with Crippen molar-refractivity contribution in [2.75, 3.05) is 14.2 Å². The lowest BCUT2D eigenvalue weighted by atomic mass is 10.1. The second-order valence-corrected chi connectivity index (χ2v) is 3.00. The molecule has 1 aliphatic rings. The summed E-state index contributed by atoms with van der Waals surface area (Å²) in [6, 6.07) is 0. The standard InChI is InChI=1S/C12H16O2/c1-4-10-6-5-7-11(13-2)12(14-3)9-8-10/h5-6,9H,4,8H2,1-3H3/b10-6-,12-9+. The molecule has 0 heterocycles. The van der Waals surface area contributed by atoms with Crippen LogP contribution in [-0.2, 0) is 9.47 Å². The average molecular weight is 192 g/mol. The van der Waals surface area contributed by atoms with Gasteiger partial charge < -0.3 is 9.47 Å². The highest BCUT2D eigenvalue weighted by Crippen LogP contribution is 2.17. The predicted molar refractivity (Wildman–Crippen MR) is 56.7 cm³/mol. The molecule has 1 rings (SSSR count). The van der Waals surface area contributed by atoms with Gasteiger partial charge in [0.25, 0.3) is 0 Å². The highest BCUT2D eigenvalue weighted by molar-refractivity contribution is 5.27. The molecule has 0 saturated heterocycles. The van der Waals surface area contributed by atoms with E-state index >= 15 is 0 Å². The van der Waals surface area contributed by atoms with Crippen LogP contribution in [0.3, 0.4) is 0 Å². The normalized spacial score (nSPS) is 23.5. The molecule has 2 nitrogen and oxygen atoms in total. The molecule has 0 atom stereocenters. The predicted octanol–water partition coefficient (Wildman–Crippen LogP) is 2.94. The molecule has 0 spiro atoms. The van der Waals surface area contributed by atoms with E-state index in [1.165, 1.54) is 5.57 Å². The first-order valence-corrected chi connectivity index (χ1v) is 4.75. The lowest BCUT2D eigenvalue weighted by Gasteiger charge is -2.09. The molecular weight excluding hydrogens is 176 g/mol. The highest BCUT2D eigenvalue weighted by Gasteiger charge is 2.05. The number of hydrogen-bond donors (Lipinski definition) is 0. The smallest absolute Gasteiger partial charge is 0.204 e. The van der Waals surface area contributed by atoms with Gasteiger partial charge in [0.2, 0.25) is 5.76 Å². The first-order chi connectivity index (χ1) is 6.81. The van der Waals surface area contributed by atoms with Gasteiger partial charge >= 0.3 is 0 Å². The van der Waals surface area contributed by atoms with Gasteiger partial charge in [-0.1, -0.05) is 24.3 Å². The van der Waals surface area contributed by atoms with Crippen LogP contribution in [-0.4, -0.2) is 14.2 Å². The Bertz CT molecular complexity index is 315. The van der Waals surface area contributed by atoms with Crippen LogP contribution in [0, 0.1) is 0 Å². The fraction of sp³-hybridized carbons (Fsp3) is 0.417. The maximum atomic E-state index is 5.21. The van der Waals surface area contributed by atoms with E-state index in [0.29, 0.717) is 5.76 Å². The van der Waals surface area contributed by atoms with Gasteiger partial charge in [-0.25, -0.2) is 0 Å². The van der Waals surface area contributed by atoms with E-state index in [0.717, 1.165) is 18.6 Å². The average Bonchev–Trinajstić information content (AvgIpc) is 2.19. The Morgan fingerprint density at radius 3 is 2.71 bits per heavy atom. The molecule has 0 N–H and O–H groups in total. The molecule has 0 amide bonds. The summed E-state index contributed by atoms with van der Waals surface area (Å²) in [6.07, 6.45) is 7.93. The number of hydrogen-bond acceptors (Lipinski definition) is 2. The number of methoxy groups -OCH3 is 2. The van der Waals surface area contributed by atoms with Crippen molar-refractivity contribution >= 4 is 0 Å². The van der Waals surface area contributed by atoms with Crippen molar-refractivity contribution in [2.45, 2.75) is 19.8 Å². The van der Waals surface area contributed by atoms with Crippen LogP contribution in [0.25, 0.3) is 0 Å². The maximum Gasteiger partial charge on any atom is 0.204 e. The molecule has 0 saturated carbocycles. The summed E-state index contributed by atoms with van der Waals surface area (Å²) in [5.74, 6) is 1.40. The maximum absolute atomic E-state index is 5.21. The van der Waals surface area contributed by atoms with Crippen LogP contribution in [0.15, 0.2) is 41.1 Å². The molecular formula is C12H16O2. The Morgan fingerprint density at radius 2 is 2.14 bits per heavy atom. The summed E-state index contributed by atoms with van der Waals surface area (Å²) in [7, 11) is 3.26. The van der Waals surface area contributed by atoms with Crippen molar-refractivity contribution in [3.05, 3.63) is 41.1 Å². The fourth-order valence-corrected chi connectivity index (χ4v) is 1.29. The third kappa shape index (κ3) is 2.54. The lowest BCUT2D eigenvalue weighted by molar-refractivity contribution is 0.220. The van der Waals surface area contributed by atoms with Gasteiger partial charge in [0.15, 0.2) is 5.76 Å². The van der Waals surface area contributed by atoms with E-state index in [4.69, 9.17) is 9.47 Å². The van der Waals surface area contributed by atoms with E-state index in [-0.39, 0.29) is 0 Å². The van der Waals surface area contributed by atoms with E-state index in [1.807, 2.05) is 12.2 Å². The van der Waals surface area contributed by atoms with Crippen LogP contribution < -0.4 is 0 Å². The molecule has 0 aromatic carbocycles. The van der Waals surface area contributed by atoms with Crippen LogP contribution >= 0.6 is 0 Å². The van der Waals surface area contributed by atoms with E-state index in [9.17, 15) is 0 Å². The van der Waals surface area contributed by atoms with Crippen molar-refractivity contribution in [1.29, 1.82) is 0 Å². The summed E-state index contributed by atoms with van der Waals surface area (Å²) < 4.78 is 10.4. The van der Waals surface area contributed by atoms with Crippen molar-refractivity contribution in [2.24, 2.45) is 0 Å². The van der Waals surface area contributed by atoms with Gasteiger partial charge in [-0.15, -0.1) is 0 Å². The quantitative estimate of drug-likeness (QED) is 0.640. The largest absolute Gasteiger partial charge is 0.492 e. The summed E-state index contributed by atoms with van der Waals surface area (Å²) in [5.41, 5.74) is 4.40. The Morgan fingerprint density at radius 1 is 1.36 bits per heavy atom. The van der Waals surface area contributed by atoms with Gasteiger partial charge in [0.05, 0.1) is 14.2 Å². The molecule has 1 aliphatic carbocycles. The van der Waals surface area contributed by atoms with Crippen molar-refractivity contribution in [1.82, 2.24) is 0 Å². The Kier molecular flexibility index (Phi) is 4.09. The molecule has 0 radical (unpaired) electrons. The van der Waals surface area contributed by atoms with Gasteiger partial charge in [0.1, 0.15) is 0 Å². The van der Waals surface area contributed by atoms with Crippen molar-refractivity contribution in [3.63, 3.8) is 0 Å². The van der Waals surface area contributed by atoms with E-state index in [2.05, 4.69) is 18.7 Å². The van der Waals surface area contributed by atoms with E-state index in [1.54, 1.807) is 14.2 Å². The SMILES string of the molecule is CC/C1=C/C=C=C(OC)/C(OC)=C\C1. The zero-order chi connectivity index (χ0) is 10.4. The molecule has 0 aromatic rings. The number of allylic oxidation sites excluding steroid dienone is 3. The van der Waals surface area contributed by atoms with Crippen LogP contribution in [0.2, 0.25) is 0 Å². The second kappa shape index (κ2) is 5.36. The summed E-state index contributed by atoms with van der Waals surface area (Å²) in [5, 5.41) is 0. The van der Waals surface area contributed by atoms with Gasteiger partial charge in [0, 0.05) is 0 Å². The summed E-state index contributed by atoms with van der Waals surface area (Å²) >= 11 is 0. The Labute approximate surface area is 85.2 Å². The van der Waals surface area contributed by atoms with Gasteiger partial charge in [-0.05, 0) is 25.0 Å². The zero-order valence-corrected chi connectivity index (χ0v) is 8.96. The fourth-order valence-electron chi connectivity index (χ4n) is 1.29. The minimum absolute atomic E-state index is 0.652. The summed E-state index contributed by atoms with van der Waals surface area (Å²) in [6.45, 7) is 2.14. The topological polar surface area (TPSA) is 18.5 Å². The second-order valence-electron chi connectivity index (χ2n) is 3.00. The molecule has 0 unspecified atom stereocenters. The number of ether oxygens (including phenoxy) is 2. The first kappa shape index (κ1) is 10.7. The minimum atomic E-state index is 0.652. The zero-order valence-electron chi connectivity index (χ0n) is 8.96. The Hall–Kier alpha value is -1.40. The molecule has 76 valence electrons. The van der Waals surface area contributed by atoms with Gasteiger partial charge in [-0.2, -0.15) is 0 Å². The minimum Gasteiger partial charge on any atom is -0.492 e. The molecule has 0 aliphatic heterocycles. The van der Waals surface area contributed by atoms with Gasteiger partial charge in [-0.3, -0.25) is 0 Å². The number of rotatable bonds is 3. The summed E-state index contributed by atoms with van der Waals surface area (Å²) in [4.78, 5) is 0. The third-order valence-electron chi connectivity index (χ3n) is 2.19. The lowest BCUT2D eigenvalue weighted by Crippen LogP contribution is -1.96. The molecule has 0 bridgehead atoms. The van der Waals surface area contributed by atoms with Crippen molar-refractivity contribution < 1.29 is 9.47 Å². The molecule has 0 fully saturated rings. The van der Waals surface area contributed by atoms with Crippen LogP contribution in [0.4, 0.5) is 0 Å². The first-order valence-electron chi connectivity index (χ1n) is 4.75. The van der Waals surface area contributed by atoms with Crippen molar-refractivity contribution in [3.8, 4) is 0 Å². The van der Waals surface area contributed by atoms with E-state index < -0.39 is 0 Å². The highest BCUT2D eigenvalue weighted by atomic mass is 16.5. The third-order valence-corrected chi connectivity index (χ3v) is 2.19. The molecule has 2 heteroatoms. The Balaban J connectivity index is 3.01. The van der Waals surface area contributed by atoms with Crippen LogP contribution in [0.1, 0.15) is 19.8 Å². The van der Waals surface area contributed by atoms with Crippen LogP contribution in [0.5, 0.6) is 0 Å². The molecule has 0 aromatic heterocycles. The molecule has 14 heavy (non-hydrogen) atoms. The monoisotopic (exact) mass is 192 g/mol.